The number of aryl methyl sites for hydroxylation is 1. The Hall–Kier alpha value is -1.63. The zero-order chi connectivity index (χ0) is 14.9. The summed E-state index contributed by atoms with van der Waals surface area (Å²) in [5.41, 5.74) is 1.41. The van der Waals surface area contributed by atoms with Gasteiger partial charge in [0.15, 0.2) is 0 Å². The molecule has 1 fully saturated rings. The lowest BCUT2D eigenvalue weighted by molar-refractivity contribution is -0.385. The number of carbonyl (C=O) groups is 1. The molecule has 0 aromatic heterocycles. The molecule has 2 unspecified atom stereocenters. The van der Waals surface area contributed by atoms with E-state index in [4.69, 9.17) is 5.11 Å². The highest BCUT2D eigenvalue weighted by molar-refractivity contribution is 9.10. The SMILES string of the molecule is Cc1cc(NC2CCC(C(=O)O)C2)c(Br)cc1[N+](=O)[O-]. The highest BCUT2D eigenvalue weighted by atomic mass is 79.9. The van der Waals surface area contributed by atoms with Crippen molar-refractivity contribution < 1.29 is 14.8 Å². The minimum absolute atomic E-state index is 0.0669. The number of hydrogen-bond donors (Lipinski definition) is 2. The summed E-state index contributed by atoms with van der Waals surface area (Å²) in [5.74, 6) is -1.06. The van der Waals surface area contributed by atoms with Crippen LogP contribution < -0.4 is 5.32 Å². The van der Waals surface area contributed by atoms with Gasteiger partial charge in [-0.2, -0.15) is 0 Å². The molecule has 1 saturated carbocycles. The fraction of sp³-hybridized carbons (Fsp3) is 0.462. The fourth-order valence-electron chi connectivity index (χ4n) is 2.54. The number of rotatable bonds is 4. The second kappa shape index (κ2) is 5.78. The van der Waals surface area contributed by atoms with Crippen molar-refractivity contribution in [2.45, 2.75) is 32.2 Å². The van der Waals surface area contributed by atoms with Gasteiger partial charge in [-0.3, -0.25) is 14.9 Å². The number of nitro groups is 1. The van der Waals surface area contributed by atoms with E-state index in [1.807, 2.05) is 0 Å². The van der Waals surface area contributed by atoms with Crippen molar-refractivity contribution in [3.05, 3.63) is 32.3 Å². The minimum atomic E-state index is -0.756. The highest BCUT2D eigenvalue weighted by Gasteiger charge is 2.30. The van der Waals surface area contributed by atoms with Crippen LogP contribution in [0.1, 0.15) is 24.8 Å². The Labute approximate surface area is 124 Å². The Kier molecular flexibility index (Phi) is 4.27. The monoisotopic (exact) mass is 342 g/mol. The fourth-order valence-corrected chi connectivity index (χ4v) is 2.98. The molecule has 1 aromatic carbocycles. The van der Waals surface area contributed by atoms with Gasteiger partial charge < -0.3 is 10.4 Å². The number of nitro benzene ring substituents is 1. The summed E-state index contributed by atoms with van der Waals surface area (Å²) >= 11 is 3.32. The van der Waals surface area contributed by atoms with Gasteiger partial charge in [-0.15, -0.1) is 0 Å². The molecule has 2 rings (SSSR count). The summed E-state index contributed by atoms with van der Waals surface area (Å²) in [6, 6.07) is 3.28. The Morgan fingerprint density at radius 3 is 2.75 bits per heavy atom. The molecule has 6 nitrogen and oxygen atoms in total. The summed E-state index contributed by atoms with van der Waals surface area (Å²) < 4.78 is 0.619. The van der Waals surface area contributed by atoms with Crippen molar-refractivity contribution >= 4 is 33.3 Å². The van der Waals surface area contributed by atoms with Crippen LogP contribution in [0.15, 0.2) is 16.6 Å². The molecule has 0 amide bonds. The van der Waals surface area contributed by atoms with E-state index in [9.17, 15) is 14.9 Å². The van der Waals surface area contributed by atoms with Crippen LogP contribution in [0.2, 0.25) is 0 Å². The van der Waals surface area contributed by atoms with E-state index < -0.39 is 10.9 Å². The highest BCUT2D eigenvalue weighted by Crippen LogP contribution is 2.34. The zero-order valence-electron chi connectivity index (χ0n) is 10.9. The third-order valence-electron chi connectivity index (χ3n) is 3.62. The molecule has 2 N–H and O–H groups in total. The van der Waals surface area contributed by atoms with Crippen molar-refractivity contribution in [2.24, 2.45) is 5.92 Å². The molecule has 1 aliphatic rings. The molecule has 108 valence electrons. The molecule has 0 bridgehead atoms. The molecule has 0 saturated heterocycles. The molecule has 0 heterocycles. The van der Waals surface area contributed by atoms with Crippen LogP contribution in [0.5, 0.6) is 0 Å². The Bertz CT molecular complexity index is 562. The van der Waals surface area contributed by atoms with E-state index in [0.29, 0.717) is 22.9 Å². The van der Waals surface area contributed by atoms with E-state index in [1.165, 1.54) is 6.07 Å². The van der Waals surface area contributed by atoms with Crippen molar-refractivity contribution in [3.63, 3.8) is 0 Å². The van der Waals surface area contributed by atoms with E-state index in [1.54, 1.807) is 13.0 Å². The summed E-state index contributed by atoms with van der Waals surface area (Å²) in [6.07, 6.45) is 2.04. The number of benzene rings is 1. The van der Waals surface area contributed by atoms with Gasteiger partial charge >= 0.3 is 5.97 Å². The summed E-state index contributed by atoms with van der Waals surface area (Å²) in [5, 5.41) is 23.1. The lowest BCUT2D eigenvalue weighted by Gasteiger charge is -2.16. The maximum Gasteiger partial charge on any atom is 0.306 e. The Morgan fingerprint density at radius 2 is 2.20 bits per heavy atom. The number of carboxylic acids is 1. The van der Waals surface area contributed by atoms with E-state index in [-0.39, 0.29) is 17.6 Å². The third-order valence-corrected chi connectivity index (χ3v) is 4.28. The molecular formula is C13H15BrN2O4. The van der Waals surface area contributed by atoms with Crippen LogP contribution in [-0.4, -0.2) is 22.0 Å². The standard InChI is InChI=1S/C13H15BrN2O4/c1-7-4-11(10(14)6-12(7)16(19)20)15-9-3-2-8(5-9)13(17)18/h4,6,8-9,15H,2-3,5H2,1H3,(H,17,18). The molecule has 7 heteroatoms. The van der Waals surface area contributed by atoms with Crippen LogP contribution >= 0.6 is 15.9 Å². The maximum absolute atomic E-state index is 10.9. The molecule has 0 spiro atoms. The van der Waals surface area contributed by atoms with E-state index >= 15 is 0 Å². The second-order valence-corrected chi connectivity index (χ2v) is 5.92. The number of carboxylic acid groups (broad SMARTS) is 1. The first kappa shape index (κ1) is 14.8. The van der Waals surface area contributed by atoms with Crippen LogP contribution in [0, 0.1) is 23.0 Å². The number of nitrogens with zero attached hydrogens (tertiary/aromatic N) is 1. The van der Waals surface area contributed by atoms with Crippen molar-refractivity contribution in [1.29, 1.82) is 0 Å². The van der Waals surface area contributed by atoms with Crippen LogP contribution in [0.3, 0.4) is 0 Å². The van der Waals surface area contributed by atoms with Crippen LogP contribution in [0.25, 0.3) is 0 Å². The summed E-state index contributed by atoms with van der Waals surface area (Å²) in [7, 11) is 0. The quantitative estimate of drug-likeness (QED) is 0.646. The van der Waals surface area contributed by atoms with E-state index in [0.717, 1.165) is 12.1 Å². The van der Waals surface area contributed by atoms with Gasteiger partial charge in [0.2, 0.25) is 0 Å². The lowest BCUT2D eigenvalue weighted by Crippen LogP contribution is -2.18. The first-order valence-electron chi connectivity index (χ1n) is 6.32. The van der Waals surface area contributed by atoms with Gasteiger partial charge in [-0.1, -0.05) is 0 Å². The molecule has 1 aliphatic carbocycles. The first-order valence-corrected chi connectivity index (χ1v) is 7.11. The average Bonchev–Trinajstić information content (AvgIpc) is 2.81. The van der Waals surface area contributed by atoms with E-state index in [2.05, 4.69) is 21.2 Å². The topological polar surface area (TPSA) is 92.5 Å². The number of aliphatic carboxylic acids is 1. The molecular weight excluding hydrogens is 328 g/mol. The number of nitrogens with one attached hydrogen (secondary N) is 1. The van der Waals surface area contributed by atoms with Crippen molar-refractivity contribution in [2.75, 3.05) is 5.32 Å². The van der Waals surface area contributed by atoms with Gasteiger partial charge in [0.05, 0.1) is 10.8 Å². The van der Waals surface area contributed by atoms with Crippen LogP contribution in [-0.2, 0) is 4.79 Å². The molecule has 0 radical (unpaired) electrons. The second-order valence-electron chi connectivity index (χ2n) is 5.07. The number of anilines is 1. The summed E-state index contributed by atoms with van der Waals surface area (Å²) in [4.78, 5) is 21.4. The molecule has 0 aliphatic heterocycles. The largest absolute Gasteiger partial charge is 0.481 e. The smallest absolute Gasteiger partial charge is 0.306 e. The summed E-state index contributed by atoms with van der Waals surface area (Å²) in [6.45, 7) is 1.68. The van der Waals surface area contributed by atoms with Crippen LogP contribution in [0.4, 0.5) is 11.4 Å². The number of halogens is 1. The van der Waals surface area contributed by atoms with Gasteiger partial charge in [0, 0.05) is 27.8 Å². The molecule has 1 aromatic rings. The minimum Gasteiger partial charge on any atom is -0.481 e. The van der Waals surface area contributed by atoms with Crippen molar-refractivity contribution in [3.8, 4) is 0 Å². The lowest BCUT2D eigenvalue weighted by atomic mass is 10.1. The predicted octanol–water partition coefficient (Wildman–Crippen LogP) is 3.33. The van der Waals surface area contributed by atoms with Gasteiger partial charge in [0.1, 0.15) is 0 Å². The predicted molar refractivity (Wildman–Crippen MR) is 77.9 cm³/mol. The van der Waals surface area contributed by atoms with Gasteiger partial charge in [-0.05, 0) is 48.2 Å². The molecule has 2 atom stereocenters. The average molecular weight is 343 g/mol. The van der Waals surface area contributed by atoms with Gasteiger partial charge in [-0.25, -0.2) is 0 Å². The van der Waals surface area contributed by atoms with Crippen molar-refractivity contribution in [1.82, 2.24) is 0 Å². The third kappa shape index (κ3) is 3.09. The first-order chi connectivity index (χ1) is 9.38. The Morgan fingerprint density at radius 1 is 1.50 bits per heavy atom. The normalized spacial score (nSPS) is 21.7. The van der Waals surface area contributed by atoms with Gasteiger partial charge in [0.25, 0.3) is 5.69 Å². The maximum atomic E-state index is 10.9. The zero-order valence-corrected chi connectivity index (χ0v) is 12.5. The molecule has 20 heavy (non-hydrogen) atoms. The number of hydrogen-bond acceptors (Lipinski definition) is 4. The Balaban J connectivity index is 2.13.